The normalized spacial score (nSPS) is 32.1. The fraction of sp³-hybridized carbons (Fsp3) is 0.529. The topological polar surface area (TPSA) is 111 Å². The average molecular weight is 431 g/mol. The van der Waals surface area contributed by atoms with E-state index in [2.05, 4.69) is 0 Å². The molecule has 0 radical (unpaired) electrons. The van der Waals surface area contributed by atoms with E-state index in [1.54, 1.807) is 0 Å². The maximum Gasteiger partial charge on any atom is 0.417 e. The second-order valence-electron chi connectivity index (χ2n) is 7.38. The van der Waals surface area contributed by atoms with Crippen molar-refractivity contribution in [3.8, 4) is 6.07 Å². The molecule has 8 nitrogen and oxygen atoms in total. The molecule has 3 heterocycles. The highest BCUT2D eigenvalue weighted by molar-refractivity contribution is 7.93. The van der Waals surface area contributed by atoms with Gasteiger partial charge in [0.15, 0.2) is 0 Å². The van der Waals surface area contributed by atoms with E-state index >= 15 is 0 Å². The van der Waals surface area contributed by atoms with Crippen molar-refractivity contribution in [1.82, 2.24) is 4.90 Å². The second-order valence-corrected chi connectivity index (χ2v) is 9.39. The third-order valence-corrected chi connectivity index (χ3v) is 8.25. The summed E-state index contributed by atoms with van der Waals surface area (Å²) >= 11 is 0. The van der Waals surface area contributed by atoms with Crippen molar-refractivity contribution in [2.45, 2.75) is 36.1 Å². The third kappa shape index (κ3) is 2.83. The molecule has 3 aliphatic heterocycles. The number of anilines is 1. The van der Waals surface area contributed by atoms with Crippen LogP contribution in [0.2, 0.25) is 0 Å². The maximum atomic E-state index is 13.3. The number of nitriles is 1. The van der Waals surface area contributed by atoms with Crippen molar-refractivity contribution in [2.24, 2.45) is 5.92 Å². The van der Waals surface area contributed by atoms with Crippen LogP contribution in [0.15, 0.2) is 18.2 Å². The summed E-state index contributed by atoms with van der Waals surface area (Å²) < 4.78 is 72.6. The van der Waals surface area contributed by atoms with Gasteiger partial charge >= 0.3 is 12.3 Å². The molecule has 0 spiro atoms. The van der Waals surface area contributed by atoms with Gasteiger partial charge in [-0.3, -0.25) is 4.31 Å². The summed E-state index contributed by atoms with van der Waals surface area (Å²) in [6, 6.07) is 3.75. The molecule has 1 amide bonds. The van der Waals surface area contributed by atoms with Crippen molar-refractivity contribution in [3.63, 3.8) is 0 Å². The van der Waals surface area contributed by atoms with Crippen LogP contribution in [-0.4, -0.2) is 61.6 Å². The molecule has 0 unspecified atom stereocenters. The van der Waals surface area contributed by atoms with Gasteiger partial charge in [0.2, 0.25) is 10.0 Å². The lowest BCUT2D eigenvalue weighted by Crippen LogP contribution is -2.49. The number of amides is 1. The molecule has 1 N–H and O–H groups in total. The number of likely N-dealkylation sites (N-methyl/N-ethyl adjacent to an activating group) is 1. The van der Waals surface area contributed by atoms with Crippen molar-refractivity contribution in [2.75, 3.05) is 17.9 Å². The number of benzene rings is 1. The van der Waals surface area contributed by atoms with E-state index in [9.17, 15) is 31.5 Å². The number of hydrogen-bond donors (Lipinski definition) is 1. The van der Waals surface area contributed by atoms with Gasteiger partial charge in [-0.2, -0.15) is 18.4 Å². The van der Waals surface area contributed by atoms with E-state index in [-0.39, 0.29) is 18.7 Å². The summed E-state index contributed by atoms with van der Waals surface area (Å²) in [6.07, 6.45) is -7.12. The largest absolute Gasteiger partial charge is 0.465 e. The minimum absolute atomic E-state index is 0.110. The van der Waals surface area contributed by atoms with Crippen LogP contribution in [0.25, 0.3) is 0 Å². The van der Waals surface area contributed by atoms with E-state index in [1.807, 2.05) is 0 Å². The van der Waals surface area contributed by atoms with Crippen molar-refractivity contribution in [3.05, 3.63) is 29.3 Å². The first-order valence-electron chi connectivity index (χ1n) is 8.71. The number of carboxylic acid groups (broad SMARTS) is 1. The van der Waals surface area contributed by atoms with E-state index in [0.717, 1.165) is 15.3 Å². The Balaban J connectivity index is 1.69. The summed E-state index contributed by atoms with van der Waals surface area (Å²) in [4.78, 5) is 12.4. The summed E-state index contributed by atoms with van der Waals surface area (Å²) in [6.45, 7) is -0.110. The number of nitrogens with zero attached hydrogens (tertiary/aromatic N) is 3. The highest BCUT2D eigenvalue weighted by Gasteiger charge is 2.65. The van der Waals surface area contributed by atoms with Crippen molar-refractivity contribution in [1.29, 1.82) is 5.26 Å². The molecule has 1 aromatic rings. The Morgan fingerprint density at radius 3 is 2.69 bits per heavy atom. The third-order valence-electron chi connectivity index (χ3n) is 5.94. The van der Waals surface area contributed by atoms with Crippen LogP contribution in [0.1, 0.15) is 17.5 Å². The van der Waals surface area contributed by atoms with Crippen molar-refractivity contribution >= 4 is 21.8 Å². The first-order chi connectivity index (χ1) is 13.5. The molecule has 0 saturated carbocycles. The first-order valence-corrected chi connectivity index (χ1v) is 10.2. The maximum absolute atomic E-state index is 13.3. The Bertz CT molecular complexity index is 1020. The molecule has 5 atom stereocenters. The number of ether oxygens (including phenoxy) is 1. The molecule has 4 rings (SSSR count). The molecule has 0 aromatic heterocycles. The fourth-order valence-corrected chi connectivity index (χ4v) is 6.96. The predicted octanol–water partition coefficient (Wildman–Crippen LogP) is 1.86. The van der Waals surface area contributed by atoms with Crippen LogP contribution < -0.4 is 4.31 Å². The van der Waals surface area contributed by atoms with Crippen LogP contribution in [0, 0.1) is 17.2 Å². The summed E-state index contributed by atoms with van der Waals surface area (Å²) in [5.41, 5.74) is -1.97. The Kier molecular flexibility index (Phi) is 4.25. The van der Waals surface area contributed by atoms with Gasteiger partial charge in [0.1, 0.15) is 5.25 Å². The monoisotopic (exact) mass is 431 g/mol. The highest BCUT2D eigenvalue weighted by Crippen LogP contribution is 2.50. The zero-order chi connectivity index (χ0) is 21.3. The number of hydrogen-bond acceptors (Lipinski definition) is 5. The Morgan fingerprint density at radius 1 is 1.41 bits per heavy atom. The van der Waals surface area contributed by atoms with Crippen LogP contribution in [0.3, 0.4) is 0 Å². The minimum Gasteiger partial charge on any atom is -0.465 e. The van der Waals surface area contributed by atoms with Crippen molar-refractivity contribution < 1.29 is 36.2 Å². The summed E-state index contributed by atoms with van der Waals surface area (Å²) in [5, 5.41) is 17.2. The van der Waals surface area contributed by atoms with E-state index < -0.39 is 62.8 Å². The lowest BCUT2D eigenvalue weighted by Gasteiger charge is -2.31. The zero-order valence-electron chi connectivity index (χ0n) is 15.0. The Morgan fingerprint density at radius 2 is 2.10 bits per heavy atom. The van der Waals surface area contributed by atoms with Gasteiger partial charge in [-0.25, -0.2) is 13.2 Å². The number of sulfonamides is 1. The second kappa shape index (κ2) is 6.24. The minimum atomic E-state index is -4.81. The number of alkyl halides is 3. The summed E-state index contributed by atoms with van der Waals surface area (Å²) in [7, 11) is -2.63. The number of rotatable bonds is 2. The average Bonchev–Trinajstić information content (AvgIpc) is 3.29. The molecule has 2 bridgehead atoms. The van der Waals surface area contributed by atoms with Crippen LogP contribution in [-0.2, 0) is 20.9 Å². The van der Waals surface area contributed by atoms with E-state index in [4.69, 9.17) is 10.00 Å². The molecule has 156 valence electrons. The lowest BCUT2D eigenvalue weighted by atomic mass is 9.84. The molecule has 1 aromatic carbocycles. The lowest BCUT2D eigenvalue weighted by molar-refractivity contribution is -0.137. The molecule has 0 aliphatic carbocycles. The molecular formula is C17H16F3N3O5S. The Hall–Kier alpha value is -2.52. The molecule has 3 aliphatic rings. The van der Waals surface area contributed by atoms with Crippen LogP contribution in [0.4, 0.5) is 23.7 Å². The van der Waals surface area contributed by atoms with Crippen LogP contribution >= 0.6 is 0 Å². The molecule has 3 fully saturated rings. The van der Waals surface area contributed by atoms with Gasteiger partial charge in [0.25, 0.3) is 0 Å². The standard InChI is InChI=1S/C17H16F3N3O5S/c1-22(16(24)25)12-5-13-15-10(14(12)28-13)7-23(29(15,26)27)9-3-2-8(6-21)11(4-9)17(18,19)20/h2-4,10,12-15H,5,7H2,1H3,(H,24,25)/t10-,12+,13+,14+,15-/m1/s1. The van der Waals surface area contributed by atoms with Gasteiger partial charge in [-0.05, 0) is 24.6 Å². The Labute approximate surface area is 164 Å². The fourth-order valence-electron chi connectivity index (χ4n) is 4.64. The number of carbonyl (C=O) groups is 1. The van der Waals surface area contributed by atoms with Gasteiger partial charge in [-0.1, -0.05) is 0 Å². The quantitative estimate of drug-likeness (QED) is 0.765. The first kappa shape index (κ1) is 19.8. The van der Waals surface area contributed by atoms with Gasteiger partial charge < -0.3 is 14.7 Å². The van der Waals surface area contributed by atoms with E-state index in [0.29, 0.717) is 6.07 Å². The van der Waals surface area contributed by atoms with Gasteiger partial charge in [0, 0.05) is 19.5 Å². The molecule has 29 heavy (non-hydrogen) atoms. The van der Waals surface area contributed by atoms with Gasteiger partial charge in [0.05, 0.1) is 41.1 Å². The SMILES string of the molecule is CN(C(=O)O)[C@H]1C[C@@H]2O[C@H]1[C@H]1CN(c3ccc(C#N)c(C(F)(F)F)c3)S(=O)(=O)[C@H]12. The summed E-state index contributed by atoms with van der Waals surface area (Å²) in [5.74, 6) is -0.560. The molecular weight excluding hydrogens is 415 g/mol. The predicted molar refractivity (Wildman–Crippen MR) is 92.6 cm³/mol. The molecule has 12 heteroatoms. The molecule has 3 saturated heterocycles. The van der Waals surface area contributed by atoms with Crippen LogP contribution in [0.5, 0.6) is 0 Å². The smallest absolute Gasteiger partial charge is 0.417 e. The zero-order valence-corrected chi connectivity index (χ0v) is 15.8. The number of fused-ring (bicyclic) bond motifs is 5. The number of halogens is 3. The van der Waals surface area contributed by atoms with E-state index in [1.165, 1.54) is 19.2 Å². The highest BCUT2D eigenvalue weighted by atomic mass is 32.2. The van der Waals surface area contributed by atoms with Gasteiger partial charge in [-0.15, -0.1) is 0 Å².